The van der Waals surface area contributed by atoms with Gasteiger partial charge in [-0.15, -0.1) is 0 Å². The smallest absolute Gasteiger partial charge is 0.178 e. The third-order valence-electron chi connectivity index (χ3n) is 4.57. The Balaban J connectivity index is 2.50. The minimum Gasteiger partial charge on any atom is -0.377 e. The van der Waals surface area contributed by atoms with E-state index >= 15 is 0 Å². The summed E-state index contributed by atoms with van der Waals surface area (Å²) in [6, 6.07) is 3.82. The highest BCUT2D eigenvalue weighted by molar-refractivity contribution is 7.95. The summed E-state index contributed by atoms with van der Waals surface area (Å²) < 4.78 is 24.9. The van der Waals surface area contributed by atoms with E-state index < -0.39 is 15.1 Å². The summed E-state index contributed by atoms with van der Waals surface area (Å²) in [6.45, 7) is 13.8. The lowest BCUT2D eigenvalue weighted by molar-refractivity contribution is 0.586. The van der Waals surface area contributed by atoms with Gasteiger partial charge in [-0.05, 0) is 62.5 Å². The third kappa shape index (κ3) is 3.95. The molecule has 1 aromatic rings. The Kier molecular flexibility index (Phi) is 5.46. The zero-order valence-corrected chi connectivity index (χ0v) is 17.6. The van der Waals surface area contributed by atoms with Gasteiger partial charge in [-0.2, -0.15) is 0 Å². The molecule has 0 saturated carbocycles. The first-order chi connectivity index (χ1) is 11.4. The van der Waals surface area contributed by atoms with Gasteiger partial charge >= 0.3 is 0 Å². The van der Waals surface area contributed by atoms with Crippen molar-refractivity contribution in [1.82, 2.24) is 5.32 Å². The van der Waals surface area contributed by atoms with Crippen LogP contribution in [0.4, 0.5) is 0 Å². The molecule has 1 aliphatic heterocycles. The van der Waals surface area contributed by atoms with Crippen molar-refractivity contribution in [3.63, 3.8) is 0 Å². The number of rotatable bonds is 3. The van der Waals surface area contributed by atoms with E-state index in [1.807, 2.05) is 19.1 Å². The molecule has 25 heavy (non-hydrogen) atoms. The van der Waals surface area contributed by atoms with E-state index in [9.17, 15) is 8.42 Å². The quantitative estimate of drug-likeness (QED) is 0.802. The van der Waals surface area contributed by atoms with Gasteiger partial charge in [-0.25, -0.2) is 8.42 Å². The molecule has 5 heteroatoms. The highest BCUT2D eigenvalue weighted by Gasteiger charge is 2.29. The number of nitrogens with one attached hydrogen (secondary N) is 1. The molecule has 0 amide bonds. The van der Waals surface area contributed by atoms with Crippen molar-refractivity contribution >= 4 is 27.1 Å². The zero-order valence-electron chi connectivity index (χ0n) is 16.1. The Hall–Kier alpha value is -1.26. The van der Waals surface area contributed by atoms with Crippen LogP contribution in [0.15, 0.2) is 29.2 Å². The second kappa shape index (κ2) is 6.81. The zero-order chi connectivity index (χ0) is 19.2. The van der Waals surface area contributed by atoms with Crippen LogP contribution < -0.4 is 5.32 Å². The first-order valence-electron chi connectivity index (χ1n) is 8.59. The number of benzene rings is 1. The number of hydrogen-bond acceptors (Lipinski definition) is 3. The van der Waals surface area contributed by atoms with Crippen molar-refractivity contribution in [3.8, 4) is 0 Å². The van der Waals surface area contributed by atoms with Crippen LogP contribution in [0.3, 0.4) is 0 Å². The molecule has 1 aromatic carbocycles. The topological polar surface area (TPSA) is 46.2 Å². The van der Waals surface area contributed by atoms with Gasteiger partial charge in [0.05, 0.1) is 16.2 Å². The number of aryl methyl sites for hydroxylation is 1. The molecule has 2 rings (SSSR count). The Morgan fingerprint density at radius 3 is 2.24 bits per heavy atom. The highest BCUT2D eigenvalue weighted by atomic mass is 35.5. The van der Waals surface area contributed by atoms with Crippen LogP contribution in [0, 0.1) is 6.92 Å². The van der Waals surface area contributed by atoms with Crippen molar-refractivity contribution < 1.29 is 8.42 Å². The summed E-state index contributed by atoms with van der Waals surface area (Å²) in [7, 11) is -3.27. The summed E-state index contributed by atoms with van der Waals surface area (Å²) in [4.78, 5) is 0.432. The average molecular weight is 382 g/mol. The molecule has 138 valence electrons. The fourth-order valence-corrected chi connectivity index (χ4v) is 4.79. The number of halogens is 1. The second-order valence-electron chi connectivity index (χ2n) is 8.01. The molecule has 0 radical (unpaired) electrons. The fourth-order valence-electron chi connectivity index (χ4n) is 2.99. The number of hydrogen-bond donors (Lipinski definition) is 1. The predicted molar refractivity (Wildman–Crippen MR) is 108 cm³/mol. The molecule has 1 aliphatic rings. The first-order valence-corrected chi connectivity index (χ1v) is 10.5. The average Bonchev–Trinajstić information content (AvgIpc) is 2.47. The van der Waals surface area contributed by atoms with Crippen LogP contribution in [-0.4, -0.2) is 19.7 Å². The van der Waals surface area contributed by atoms with Crippen molar-refractivity contribution in [1.29, 1.82) is 0 Å². The molecule has 3 nitrogen and oxygen atoms in total. The van der Waals surface area contributed by atoms with Gasteiger partial charge in [0.25, 0.3) is 0 Å². The Labute approximate surface area is 157 Å². The van der Waals surface area contributed by atoms with E-state index in [2.05, 4.69) is 39.1 Å². The summed E-state index contributed by atoms with van der Waals surface area (Å²) in [5.74, 6) is 0. The third-order valence-corrected chi connectivity index (χ3v) is 7.28. The highest BCUT2D eigenvalue weighted by Crippen LogP contribution is 2.34. The van der Waals surface area contributed by atoms with Crippen molar-refractivity contribution in [2.24, 2.45) is 0 Å². The summed E-state index contributed by atoms with van der Waals surface area (Å²) in [6.07, 6.45) is 3.56. The Morgan fingerprint density at radius 1 is 1.16 bits per heavy atom. The summed E-state index contributed by atoms with van der Waals surface area (Å²) >= 11 is 6.52. The summed E-state index contributed by atoms with van der Waals surface area (Å²) in [5.41, 5.74) is 4.10. The van der Waals surface area contributed by atoms with Crippen LogP contribution >= 0.6 is 11.6 Å². The molecule has 0 spiro atoms. The van der Waals surface area contributed by atoms with E-state index in [4.69, 9.17) is 11.6 Å². The van der Waals surface area contributed by atoms with E-state index in [-0.39, 0.29) is 11.5 Å². The van der Waals surface area contributed by atoms with Crippen LogP contribution in [0.5, 0.6) is 0 Å². The fraction of sp³-hybridized carbons (Fsp3) is 0.500. The van der Waals surface area contributed by atoms with Crippen molar-refractivity contribution in [3.05, 3.63) is 50.9 Å². The molecule has 0 bridgehead atoms. The number of sulfone groups is 1. The molecule has 1 heterocycles. The van der Waals surface area contributed by atoms with Crippen LogP contribution in [0.25, 0.3) is 5.70 Å². The molecular formula is C20H28ClNO2S. The van der Waals surface area contributed by atoms with E-state index in [0.717, 1.165) is 27.4 Å². The Bertz CT molecular complexity index is 843. The first kappa shape index (κ1) is 20.1. The van der Waals surface area contributed by atoms with Gasteiger partial charge in [-0.3, -0.25) is 0 Å². The maximum Gasteiger partial charge on any atom is 0.178 e. The summed E-state index contributed by atoms with van der Waals surface area (Å²) in [5, 5.41) is 3.62. The minimum absolute atomic E-state index is 0.0273. The minimum atomic E-state index is -3.27. The van der Waals surface area contributed by atoms with E-state index in [0.29, 0.717) is 4.91 Å². The van der Waals surface area contributed by atoms with Gasteiger partial charge in [-0.1, -0.05) is 38.4 Å². The molecule has 0 saturated heterocycles. The molecule has 1 atom stereocenters. The predicted octanol–water partition coefficient (Wildman–Crippen LogP) is 4.99. The molecule has 1 unspecified atom stereocenters. The number of dihydropyridines is 1. The molecule has 0 aromatic heterocycles. The lowest BCUT2D eigenvalue weighted by atomic mass is 9.84. The molecule has 0 aliphatic carbocycles. The molecular weight excluding hydrogens is 354 g/mol. The van der Waals surface area contributed by atoms with Crippen LogP contribution in [-0.2, 0) is 15.3 Å². The van der Waals surface area contributed by atoms with Crippen molar-refractivity contribution in [2.75, 3.05) is 0 Å². The second-order valence-corrected chi connectivity index (χ2v) is 10.9. The maximum absolute atomic E-state index is 12.5. The van der Waals surface area contributed by atoms with Crippen molar-refractivity contribution in [2.45, 2.75) is 65.2 Å². The van der Waals surface area contributed by atoms with E-state index in [1.165, 1.54) is 0 Å². The van der Waals surface area contributed by atoms with Gasteiger partial charge in [0.2, 0.25) is 0 Å². The lowest BCUT2D eigenvalue weighted by Crippen LogP contribution is -2.35. The largest absolute Gasteiger partial charge is 0.377 e. The van der Waals surface area contributed by atoms with Crippen LogP contribution in [0.2, 0.25) is 5.02 Å². The molecule has 1 N–H and O–H groups in total. The monoisotopic (exact) mass is 381 g/mol. The Morgan fingerprint density at radius 2 is 1.76 bits per heavy atom. The van der Waals surface area contributed by atoms with E-state index in [1.54, 1.807) is 19.9 Å². The maximum atomic E-state index is 12.5. The van der Waals surface area contributed by atoms with Gasteiger partial charge in [0.15, 0.2) is 9.84 Å². The van der Waals surface area contributed by atoms with Gasteiger partial charge in [0, 0.05) is 16.3 Å². The normalized spacial score (nSPS) is 18.7. The standard InChI is InChI=1S/C20H28ClNO2S/c1-12(2)25(23,24)19-9-8-18(22-14(19)4)15-11-17(21)16(10-13(15)3)20(5,6)7/h8-12,14,22H,1-7H3. The SMILES string of the molecule is Cc1cc(C(C)(C)C)c(Cl)cc1C1=CC=C(S(=O)(=O)C(C)C)C(C)N1. The van der Waals surface area contributed by atoms with Gasteiger partial charge in [0.1, 0.15) is 0 Å². The van der Waals surface area contributed by atoms with Crippen LogP contribution in [0.1, 0.15) is 58.2 Å². The molecule has 0 fully saturated rings. The number of allylic oxidation sites excluding steroid dienone is 2. The van der Waals surface area contributed by atoms with Gasteiger partial charge < -0.3 is 5.32 Å². The lowest BCUT2D eigenvalue weighted by Gasteiger charge is -2.28.